The summed E-state index contributed by atoms with van der Waals surface area (Å²) in [5.41, 5.74) is 1.48. The van der Waals surface area contributed by atoms with Crippen LogP contribution in [0.2, 0.25) is 5.02 Å². The highest BCUT2D eigenvalue weighted by Crippen LogP contribution is 2.20. The minimum absolute atomic E-state index is 0.133. The van der Waals surface area contributed by atoms with Gasteiger partial charge in [-0.05, 0) is 56.2 Å². The van der Waals surface area contributed by atoms with Gasteiger partial charge in [-0.3, -0.25) is 14.2 Å². The summed E-state index contributed by atoms with van der Waals surface area (Å²) in [7, 11) is 0. The highest BCUT2D eigenvalue weighted by atomic mass is 35.5. The third-order valence-corrected chi connectivity index (χ3v) is 5.98. The van der Waals surface area contributed by atoms with Crippen molar-refractivity contribution >= 4 is 40.2 Å². The molecule has 176 valence electrons. The number of aryl methyl sites for hydroxylation is 1. The van der Waals surface area contributed by atoms with E-state index in [-0.39, 0.29) is 17.2 Å². The molecule has 0 bridgehead atoms. The van der Waals surface area contributed by atoms with Crippen molar-refractivity contribution < 1.29 is 14.3 Å². The van der Waals surface area contributed by atoms with Crippen molar-refractivity contribution in [2.75, 3.05) is 32.1 Å². The molecule has 1 amide bonds. The number of ether oxygens (including phenoxy) is 2. The lowest BCUT2D eigenvalue weighted by molar-refractivity contribution is -0.118. The van der Waals surface area contributed by atoms with Gasteiger partial charge in [0.25, 0.3) is 5.56 Å². The van der Waals surface area contributed by atoms with Gasteiger partial charge in [-0.1, -0.05) is 35.5 Å². The second-order valence-corrected chi connectivity index (χ2v) is 8.75. The topological polar surface area (TPSA) is 82.4 Å². The van der Waals surface area contributed by atoms with Crippen LogP contribution in [0.5, 0.6) is 5.75 Å². The maximum Gasteiger partial charge on any atom is 0.262 e. The Hall–Kier alpha value is -2.55. The Balaban J connectivity index is 1.61. The zero-order valence-corrected chi connectivity index (χ0v) is 20.4. The number of rotatable bonds is 12. The number of halogens is 1. The molecule has 1 aromatic heterocycles. The molecule has 0 unspecified atom stereocenters. The van der Waals surface area contributed by atoms with Gasteiger partial charge in [-0.25, -0.2) is 4.98 Å². The van der Waals surface area contributed by atoms with E-state index in [0.29, 0.717) is 60.4 Å². The number of hydrogen-bond acceptors (Lipinski definition) is 6. The minimum Gasteiger partial charge on any atom is -0.492 e. The van der Waals surface area contributed by atoms with Crippen LogP contribution in [0, 0.1) is 6.92 Å². The maximum absolute atomic E-state index is 13.0. The summed E-state index contributed by atoms with van der Waals surface area (Å²) in [6.45, 7) is 6.31. The van der Waals surface area contributed by atoms with Crippen molar-refractivity contribution in [3.05, 3.63) is 63.4 Å². The Morgan fingerprint density at radius 2 is 2.06 bits per heavy atom. The van der Waals surface area contributed by atoms with Crippen LogP contribution in [-0.2, 0) is 16.1 Å². The molecule has 0 radical (unpaired) electrons. The second kappa shape index (κ2) is 12.6. The van der Waals surface area contributed by atoms with Gasteiger partial charge in [-0.2, -0.15) is 0 Å². The molecule has 0 saturated carbocycles. The second-order valence-electron chi connectivity index (χ2n) is 7.37. The molecule has 0 aliphatic carbocycles. The molecule has 33 heavy (non-hydrogen) atoms. The van der Waals surface area contributed by atoms with E-state index in [1.54, 1.807) is 22.8 Å². The summed E-state index contributed by atoms with van der Waals surface area (Å²) >= 11 is 7.31. The first-order chi connectivity index (χ1) is 16.0. The molecule has 7 nitrogen and oxygen atoms in total. The first-order valence-corrected chi connectivity index (χ1v) is 12.2. The van der Waals surface area contributed by atoms with Gasteiger partial charge in [0.15, 0.2) is 5.16 Å². The van der Waals surface area contributed by atoms with Crippen LogP contribution < -0.4 is 15.6 Å². The van der Waals surface area contributed by atoms with Crippen molar-refractivity contribution in [2.45, 2.75) is 32.0 Å². The minimum atomic E-state index is -0.158. The lowest BCUT2D eigenvalue weighted by Crippen LogP contribution is -2.30. The van der Waals surface area contributed by atoms with E-state index >= 15 is 0 Å². The molecule has 1 N–H and O–H groups in total. The number of hydrogen-bond donors (Lipinski definition) is 1. The highest BCUT2D eigenvalue weighted by Gasteiger charge is 2.14. The quantitative estimate of drug-likeness (QED) is 0.234. The normalized spacial score (nSPS) is 11.0. The van der Waals surface area contributed by atoms with Crippen molar-refractivity contribution in [1.29, 1.82) is 0 Å². The van der Waals surface area contributed by atoms with Gasteiger partial charge in [0, 0.05) is 24.8 Å². The molecule has 3 aromatic rings. The third-order valence-electron chi connectivity index (χ3n) is 4.77. The predicted molar refractivity (Wildman–Crippen MR) is 133 cm³/mol. The summed E-state index contributed by atoms with van der Waals surface area (Å²) < 4.78 is 12.7. The van der Waals surface area contributed by atoms with E-state index in [1.165, 1.54) is 11.8 Å². The number of aromatic nitrogens is 2. The average Bonchev–Trinajstić information content (AvgIpc) is 2.79. The Morgan fingerprint density at radius 1 is 1.21 bits per heavy atom. The van der Waals surface area contributed by atoms with Crippen LogP contribution in [0.25, 0.3) is 10.9 Å². The van der Waals surface area contributed by atoms with Crippen LogP contribution in [-0.4, -0.2) is 47.6 Å². The lowest BCUT2D eigenvalue weighted by Gasteiger charge is -2.13. The van der Waals surface area contributed by atoms with Gasteiger partial charge in [0.1, 0.15) is 12.4 Å². The molecule has 9 heteroatoms. The number of carbonyl (C=O) groups is 1. The van der Waals surface area contributed by atoms with Crippen LogP contribution in [0.4, 0.5) is 0 Å². The van der Waals surface area contributed by atoms with Gasteiger partial charge < -0.3 is 14.8 Å². The molecule has 3 rings (SSSR count). The van der Waals surface area contributed by atoms with Gasteiger partial charge >= 0.3 is 0 Å². The fraction of sp³-hybridized carbons (Fsp3) is 0.375. The van der Waals surface area contributed by atoms with E-state index in [4.69, 9.17) is 21.1 Å². The third kappa shape index (κ3) is 7.48. The van der Waals surface area contributed by atoms with E-state index in [2.05, 4.69) is 10.3 Å². The van der Waals surface area contributed by atoms with Crippen molar-refractivity contribution in [2.24, 2.45) is 0 Å². The van der Waals surface area contributed by atoms with Crippen molar-refractivity contribution in [3.8, 4) is 5.75 Å². The Bertz CT molecular complexity index is 1150. The highest BCUT2D eigenvalue weighted by molar-refractivity contribution is 7.99. The summed E-state index contributed by atoms with van der Waals surface area (Å²) in [6.07, 6.45) is 0.671. The lowest BCUT2D eigenvalue weighted by atomic mass is 10.2. The van der Waals surface area contributed by atoms with E-state index in [1.807, 2.05) is 38.1 Å². The number of amides is 1. The summed E-state index contributed by atoms with van der Waals surface area (Å²) in [6, 6.07) is 12.8. The summed E-state index contributed by atoms with van der Waals surface area (Å²) in [5, 5.41) is 4.32. The van der Waals surface area contributed by atoms with E-state index in [0.717, 1.165) is 11.3 Å². The molecule has 0 aliphatic rings. The molecule has 0 saturated heterocycles. The first-order valence-electron chi connectivity index (χ1n) is 10.8. The Kier molecular flexibility index (Phi) is 9.60. The van der Waals surface area contributed by atoms with Gasteiger partial charge in [0.2, 0.25) is 5.91 Å². The number of thioether (sulfide) groups is 1. The zero-order chi connectivity index (χ0) is 23.6. The number of benzene rings is 2. The Labute approximate surface area is 202 Å². The first kappa shape index (κ1) is 25.1. The maximum atomic E-state index is 13.0. The monoisotopic (exact) mass is 489 g/mol. The largest absolute Gasteiger partial charge is 0.492 e. The summed E-state index contributed by atoms with van der Waals surface area (Å²) in [4.78, 5) is 30.0. The molecule has 2 aromatic carbocycles. The molecular formula is C24H28ClN3O4S. The molecule has 1 heterocycles. The molecule has 0 aliphatic heterocycles. The molecule has 0 spiro atoms. The van der Waals surface area contributed by atoms with Gasteiger partial charge in [0.05, 0.1) is 23.2 Å². The predicted octanol–water partition coefficient (Wildman–Crippen LogP) is 4.07. The van der Waals surface area contributed by atoms with Crippen LogP contribution in [0.3, 0.4) is 0 Å². The van der Waals surface area contributed by atoms with Crippen LogP contribution >= 0.6 is 23.4 Å². The fourth-order valence-corrected chi connectivity index (χ4v) is 4.22. The van der Waals surface area contributed by atoms with Crippen LogP contribution in [0.15, 0.2) is 52.4 Å². The molecule has 0 fully saturated rings. The van der Waals surface area contributed by atoms with Crippen molar-refractivity contribution in [1.82, 2.24) is 14.9 Å². The van der Waals surface area contributed by atoms with Crippen molar-refractivity contribution in [3.63, 3.8) is 0 Å². The smallest absolute Gasteiger partial charge is 0.262 e. The van der Waals surface area contributed by atoms with Gasteiger partial charge in [-0.15, -0.1) is 0 Å². The molecular weight excluding hydrogens is 462 g/mol. The number of carbonyl (C=O) groups excluding carboxylic acids is 1. The fourth-order valence-electron chi connectivity index (χ4n) is 3.20. The zero-order valence-electron chi connectivity index (χ0n) is 18.8. The average molecular weight is 490 g/mol. The Morgan fingerprint density at radius 3 is 2.85 bits per heavy atom. The number of nitrogens with one attached hydrogen (secondary N) is 1. The SMILES string of the molecule is CCOCCCn1c(SCC(=O)NCCOc2cccc(C)c2)nc2cc(Cl)ccc2c1=O. The van der Waals surface area contributed by atoms with Crippen LogP contribution in [0.1, 0.15) is 18.9 Å². The number of fused-ring (bicyclic) bond motifs is 1. The summed E-state index contributed by atoms with van der Waals surface area (Å²) in [5.74, 6) is 0.747. The van der Waals surface area contributed by atoms with E-state index < -0.39 is 0 Å². The van der Waals surface area contributed by atoms with E-state index in [9.17, 15) is 9.59 Å². The standard InChI is InChI=1S/C24H28ClN3O4S/c1-3-31-12-5-11-28-23(30)20-9-8-18(25)15-21(20)27-24(28)33-16-22(29)26-10-13-32-19-7-4-6-17(2)14-19/h4,6-9,14-15H,3,5,10-13,16H2,1-2H3,(H,26,29). The number of nitrogens with zero attached hydrogens (tertiary/aromatic N) is 2. The molecule has 0 atom stereocenters.